The van der Waals surface area contributed by atoms with Crippen LogP contribution in [0.15, 0.2) is 0 Å². The van der Waals surface area contributed by atoms with E-state index in [0.717, 1.165) is 19.3 Å². The van der Waals surface area contributed by atoms with Gasteiger partial charge in [0.1, 0.15) is 0 Å². The molecule has 12 heavy (non-hydrogen) atoms. The molecule has 0 aromatic rings. The molecule has 2 N–H and O–H groups in total. The Labute approximate surface area is 72.0 Å². The fraction of sp³-hybridized carbons (Fsp3) is 1.00. The summed E-state index contributed by atoms with van der Waals surface area (Å²) in [5, 5.41) is 0. The van der Waals surface area contributed by atoms with Crippen LogP contribution in [0.4, 0.5) is 0 Å². The SMILES string of the molecule is O=S(=O)(O)NCC1CCCCO1. The van der Waals surface area contributed by atoms with Crippen LogP contribution in [0.3, 0.4) is 0 Å². The van der Waals surface area contributed by atoms with Crippen LogP contribution in [0, 0.1) is 0 Å². The number of rotatable bonds is 3. The molecular weight excluding hydrogens is 182 g/mol. The highest BCUT2D eigenvalue weighted by atomic mass is 32.2. The second kappa shape index (κ2) is 4.18. The first-order valence-corrected chi connectivity index (χ1v) is 5.35. The summed E-state index contributed by atoms with van der Waals surface area (Å²) in [4.78, 5) is 0. The van der Waals surface area contributed by atoms with Crippen molar-refractivity contribution in [2.45, 2.75) is 25.4 Å². The van der Waals surface area contributed by atoms with E-state index >= 15 is 0 Å². The standard InChI is InChI=1S/C6H13NO4S/c8-12(9,10)7-5-6-3-1-2-4-11-6/h6-7H,1-5H2,(H,8,9,10). The van der Waals surface area contributed by atoms with E-state index in [0.29, 0.717) is 6.61 Å². The molecule has 0 aromatic heterocycles. The largest absolute Gasteiger partial charge is 0.377 e. The van der Waals surface area contributed by atoms with Gasteiger partial charge in [-0.15, -0.1) is 0 Å². The molecule has 0 aliphatic carbocycles. The Hall–Kier alpha value is -0.170. The quantitative estimate of drug-likeness (QED) is 0.619. The van der Waals surface area contributed by atoms with E-state index in [9.17, 15) is 8.42 Å². The van der Waals surface area contributed by atoms with Crippen LogP contribution in [0.1, 0.15) is 19.3 Å². The lowest BCUT2D eigenvalue weighted by atomic mass is 10.1. The molecule has 1 atom stereocenters. The van der Waals surface area contributed by atoms with Crippen molar-refractivity contribution in [1.29, 1.82) is 0 Å². The molecule has 5 nitrogen and oxygen atoms in total. The minimum Gasteiger partial charge on any atom is -0.377 e. The summed E-state index contributed by atoms with van der Waals surface area (Å²) in [5.74, 6) is 0. The molecule has 1 aliphatic heterocycles. The van der Waals surface area contributed by atoms with Gasteiger partial charge in [-0.25, -0.2) is 0 Å². The predicted octanol–water partition coefficient (Wildman–Crippen LogP) is -0.0521. The molecule has 0 aromatic carbocycles. The average Bonchev–Trinajstić information content (AvgIpc) is 2.02. The summed E-state index contributed by atoms with van der Waals surface area (Å²) in [6.07, 6.45) is 2.85. The van der Waals surface area contributed by atoms with Gasteiger partial charge in [-0.1, -0.05) is 0 Å². The highest BCUT2D eigenvalue weighted by molar-refractivity contribution is 7.83. The van der Waals surface area contributed by atoms with Crippen molar-refractivity contribution in [3.05, 3.63) is 0 Å². The maximum atomic E-state index is 10.3. The first kappa shape index (κ1) is 9.91. The van der Waals surface area contributed by atoms with E-state index < -0.39 is 10.3 Å². The molecule has 1 rings (SSSR count). The van der Waals surface area contributed by atoms with Gasteiger partial charge in [-0.3, -0.25) is 4.55 Å². The molecule has 0 bridgehead atoms. The zero-order chi connectivity index (χ0) is 9.03. The lowest BCUT2D eigenvalue weighted by molar-refractivity contribution is 0.0197. The summed E-state index contributed by atoms with van der Waals surface area (Å²) in [7, 11) is -4.05. The maximum absolute atomic E-state index is 10.3. The maximum Gasteiger partial charge on any atom is 0.333 e. The third-order valence-electron chi connectivity index (χ3n) is 1.77. The van der Waals surface area contributed by atoms with Crippen molar-refractivity contribution in [3.8, 4) is 0 Å². The van der Waals surface area contributed by atoms with Gasteiger partial charge in [-0.2, -0.15) is 13.1 Å². The Bertz CT molecular complexity index is 220. The number of ether oxygens (including phenoxy) is 1. The Balaban J connectivity index is 2.22. The minimum absolute atomic E-state index is 0.0827. The van der Waals surface area contributed by atoms with E-state index in [4.69, 9.17) is 9.29 Å². The van der Waals surface area contributed by atoms with Crippen LogP contribution < -0.4 is 4.72 Å². The summed E-state index contributed by atoms with van der Waals surface area (Å²) >= 11 is 0. The van der Waals surface area contributed by atoms with Gasteiger partial charge in [0.15, 0.2) is 0 Å². The molecule has 0 saturated carbocycles. The monoisotopic (exact) mass is 195 g/mol. The van der Waals surface area contributed by atoms with Gasteiger partial charge in [0.05, 0.1) is 6.10 Å². The summed E-state index contributed by atoms with van der Waals surface area (Å²) in [5.41, 5.74) is 0. The molecule has 1 heterocycles. The first-order chi connectivity index (χ1) is 5.58. The van der Waals surface area contributed by atoms with Crippen LogP contribution in [0.2, 0.25) is 0 Å². The van der Waals surface area contributed by atoms with Gasteiger partial charge < -0.3 is 4.74 Å². The third-order valence-corrected chi connectivity index (χ3v) is 2.30. The molecule has 0 radical (unpaired) electrons. The zero-order valence-electron chi connectivity index (χ0n) is 6.69. The summed E-state index contributed by atoms with van der Waals surface area (Å²) in [6.45, 7) is 0.844. The lowest BCUT2D eigenvalue weighted by Crippen LogP contribution is -2.34. The Morgan fingerprint density at radius 1 is 1.50 bits per heavy atom. The third kappa shape index (κ3) is 4.01. The molecule has 1 unspecified atom stereocenters. The summed E-state index contributed by atoms with van der Waals surface area (Å²) < 4.78 is 36.1. The van der Waals surface area contributed by atoms with Crippen LogP contribution in [-0.2, 0) is 15.0 Å². The first-order valence-electron chi connectivity index (χ1n) is 3.91. The smallest absolute Gasteiger partial charge is 0.333 e. The van der Waals surface area contributed by atoms with Gasteiger partial charge in [-0.05, 0) is 19.3 Å². The Kier molecular flexibility index (Phi) is 3.45. The zero-order valence-corrected chi connectivity index (χ0v) is 7.51. The van der Waals surface area contributed by atoms with E-state index in [2.05, 4.69) is 0 Å². The lowest BCUT2D eigenvalue weighted by Gasteiger charge is -2.21. The number of hydrogen-bond acceptors (Lipinski definition) is 3. The fourth-order valence-corrected chi connectivity index (χ4v) is 1.56. The molecule has 6 heteroatoms. The normalized spacial score (nSPS) is 25.6. The molecule has 1 saturated heterocycles. The Morgan fingerprint density at radius 2 is 2.25 bits per heavy atom. The second-order valence-corrected chi connectivity index (χ2v) is 4.05. The number of hydrogen-bond donors (Lipinski definition) is 2. The summed E-state index contributed by atoms with van der Waals surface area (Å²) in [6, 6.07) is 0. The molecule has 72 valence electrons. The van der Waals surface area contributed by atoms with E-state index in [1.54, 1.807) is 0 Å². The van der Waals surface area contributed by atoms with Crippen molar-refractivity contribution >= 4 is 10.3 Å². The van der Waals surface area contributed by atoms with Crippen molar-refractivity contribution in [1.82, 2.24) is 4.72 Å². The van der Waals surface area contributed by atoms with Gasteiger partial charge in [0.2, 0.25) is 0 Å². The highest BCUT2D eigenvalue weighted by Crippen LogP contribution is 2.11. The van der Waals surface area contributed by atoms with Crippen LogP contribution >= 0.6 is 0 Å². The van der Waals surface area contributed by atoms with E-state index in [1.165, 1.54) is 0 Å². The fourth-order valence-electron chi connectivity index (χ4n) is 1.17. The average molecular weight is 195 g/mol. The minimum atomic E-state index is -4.05. The van der Waals surface area contributed by atoms with Crippen molar-refractivity contribution in [2.75, 3.05) is 13.2 Å². The van der Waals surface area contributed by atoms with E-state index in [1.807, 2.05) is 4.72 Å². The molecular formula is C6H13NO4S. The predicted molar refractivity (Wildman–Crippen MR) is 43.1 cm³/mol. The van der Waals surface area contributed by atoms with Crippen molar-refractivity contribution < 1.29 is 17.7 Å². The van der Waals surface area contributed by atoms with Gasteiger partial charge in [0, 0.05) is 13.2 Å². The highest BCUT2D eigenvalue weighted by Gasteiger charge is 2.15. The number of nitrogens with one attached hydrogen (secondary N) is 1. The van der Waals surface area contributed by atoms with Crippen LogP contribution in [0.25, 0.3) is 0 Å². The molecule has 0 amide bonds. The van der Waals surface area contributed by atoms with Gasteiger partial charge in [0.25, 0.3) is 0 Å². The topological polar surface area (TPSA) is 75.6 Å². The van der Waals surface area contributed by atoms with Crippen LogP contribution in [0.5, 0.6) is 0 Å². The second-order valence-electron chi connectivity index (χ2n) is 2.81. The van der Waals surface area contributed by atoms with Gasteiger partial charge >= 0.3 is 10.3 Å². The molecule has 0 spiro atoms. The molecule has 1 aliphatic rings. The van der Waals surface area contributed by atoms with Crippen LogP contribution in [-0.4, -0.2) is 32.2 Å². The Morgan fingerprint density at radius 3 is 2.75 bits per heavy atom. The van der Waals surface area contributed by atoms with Crippen molar-refractivity contribution in [3.63, 3.8) is 0 Å². The molecule has 1 fully saturated rings. The van der Waals surface area contributed by atoms with E-state index in [-0.39, 0.29) is 12.6 Å². The van der Waals surface area contributed by atoms with Crippen molar-refractivity contribution in [2.24, 2.45) is 0 Å².